The van der Waals surface area contributed by atoms with Crippen LogP contribution >= 0.6 is 0 Å². The van der Waals surface area contributed by atoms with Gasteiger partial charge < -0.3 is 19.3 Å². The fourth-order valence-electron chi connectivity index (χ4n) is 2.93. The number of imide groups is 1. The van der Waals surface area contributed by atoms with Crippen LogP contribution in [0.4, 0.5) is 31.1 Å². The van der Waals surface area contributed by atoms with Crippen LogP contribution < -0.4 is 9.47 Å². The summed E-state index contributed by atoms with van der Waals surface area (Å²) in [5, 5.41) is 7.76. The number of halogens is 6. The maximum absolute atomic E-state index is 13.7. The van der Waals surface area contributed by atoms with Crippen molar-refractivity contribution in [1.82, 2.24) is 4.90 Å². The number of hydrogen-bond acceptors (Lipinski definition) is 6. The summed E-state index contributed by atoms with van der Waals surface area (Å²) in [5.41, 5.74) is -2.25. The number of carboxylic acid groups (broad SMARTS) is 1. The molecular weight excluding hydrogens is 468 g/mol. The van der Waals surface area contributed by atoms with Gasteiger partial charge in [-0.2, -0.15) is 26.3 Å². The molecule has 0 spiro atoms. The molecule has 8 nitrogen and oxygen atoms in total. The summed E-state index contributed by atoms with van der Waals surface area (Å²) in [7, 11) is 1.75. The van der Waals surface area contributed by atoms with E-state index in [1.165, 1.54) is 0 Å². The van der Waals surface area contributed by atoms with Crippen LogP contribution in [0.2, 0.25) is 0 Å². The predicted molar refractivity (Wildman–Crippen MR) is 98.1 cm³/mol. The number of ether oxygens (including phenoxy) is 3. The highest BCUT2D eigenvalue weighted by Crippen LogP contribution is 2.43. The number of rotatable bonds is 6. The Bertz CT molecular complexity index is 1080. The minimum atomic E-state index is -5.01. The lowest BCUT2D eigenvalue weighted by atomic mass is 9.97. The molecular formula is C19H15F6NO7. The van der Waals surface area contributed by atoms with Crippen LogP contribution in [0, 0.1) is 0 Å². The van der Waals surface area contributed by atoms with E-state index in [1.54, 1.807) is 0 Å². The average Bonchev–Trinajstić information content (AvgIpc) is 2.72. The highest BCUT2D eigenvalue weighted by Gasteiger charge is 2.39. The molecule has 0 aliphatic rings. The lowest BCUT2D eigenvalue weighted by Gasteiger charge is -2.22. The third kappa shape index (κ3) is 5.75. The number of fused-ring (bicyclic) bond motifs is 1. The quantitative estimate of drug-likeness (QED) is 0.618. The molecule has 0 aliphatic heterocycles. The van der Waals surface area contributed by atoms with Crippen LogP contribution in [0.1, 0.15) is 15.9 Å². The van der Waals surface area contributed by atoms with Crippen LogP contribution in [0.5, 0.6) is 11.5 Å². The van der Waals surface area contributed by atoms with Gasteiger partial charge in [-0.1, -0.05) is 0 Å². The van der Waals surface area contributed by atoms with Crippen LogP contribution in [0.3, 0.4) is 0 Å². The number of benzene rings is 2. The molecule has 180 valence electrons. The van der Waals surface area contributed by atoms with Crippen molar-refractivity contribution in [3.8, 4) is 11.5 Å². The highest BCUT2D eigenvalue weighted by atomic mass is 19.4. The van der Waals surface area contributed by atoms with Gasteiger partial charge in [0.05, 0.1) is 19.8 Å². The van der Waals surface area contributed by atoms with Gasteiger partial charge in [0.15, 0.2) is 6.61 Å². The summed E-state index contributed by atoms with van der Waals surface area (Å²) in [5.74, 6) is -4.73. The van der Waals surface area contributed by atoms with E-state index in [-0.39, 0.29) is 4.90 Å². The first-order valence-electron chi connectivity index (χ1n) is 8.73. The smallest absolute Gasteiger partial charge is 0.422 e. The van der Waals surface area contributed by atoms with Crippen molar-refractivity contribution in [1.29, 1.82) is 0 Å². The van der Waals surface area contributed by atoms with E-state index in [4.69, 9.17) is 9.84 Å². The van der Waals surface area contributed by atoms with Crippen molar-refractivity contribution in [2.24, 2.45) is 0 Å². The molecule has 14 heteroatoms. The number of carboxylic acids is 1. The minimum Gasteiger partial charge on any atom is -0.496 e. The number of carbonyl (C=O) groups is 3. The molecule has 0 bridgehead atoms. The molecule has 0 saturated carbocycles. The van der Waals surface area contributed by atoms with Gasteiger partial charge in [-0.15, -0.1) is 0 Å². The first kappa shape index (κ1) is 25.5. The van der Waals surface area contributed by atoms with Crippen molar-refractivity contribution in [2.45, 2.75) is 12.4 Å². The van der Waals surface area contributed by atoms with E-state index in [0.29, 0.717) is 6.07 Å². The molecule has 33 heavy (non-hydrogen) atoms. The maximum Gasteiger partial charge on any atom is 0.422 e. The van der Waals surface area contributed by atoms with Gasteiger partial charge in [-0.25, -0.2) is 9.69 Å². The molecule has 0 aromatic heterocycles. The first-order chi connectivity index (χ1) is 15.2. The van der Waals surface area contributed by atoms with Crippen molar-refractivity contribution in [2.75, 3.05) is 27.4 Å². The Hall–Kier alpha value is -3.71. The van der Waals surface area contributed by atoms with Gasteiger partial charge >= 0.3 is 24.4 Å². The van der Waals surface area contributed by atoms with Gasteiger partial charge in [-0.3, -0.25) is 9.59 Å². The first-order valence-corrected chi connectivity index (χ1v) is 8.73. The van der Waals surface area contributed by atoms with E-state index in [0.717, 1.165) is 32.4 Å². The molecule has 0 aliphatic carbocycles. The Kier molecular flexibility index (Phi) is 7.29. The third-order valence-electron chi connectivity index (χ3n) is 4.17. The second-order valence-electron chi connectivity index (χ2n) is 6.33. The van der Waals surface area contributed by atoms with Gasteiger partial charge in [0.25, 0.3) is 5.91 Å². The number of nitrogens with zero attached hydrogens (tertiary/aromatic N) is 1. The molecule has 0 radical (unpaired) electrons. The number of alkyl halides is 6. The Morgan fingerprint density at radius 2 is 1.52 bits per heavy atom. The summed E-state index contributed by atoms with van der Waals surface area (Å²) in [6.45, 7) is -3.21. The SMILES string of the molecule is COC(=O)N(CC(=O)O)C(=O)c1c(OCC(F)(F)F)ccc2c(C(F)(F)F)c(OC)ccc12. The molecule has 0 unspecified atom stereocenters. The largest absolute Gasteiger partial charge is 0.496 e. The molecule has 2 aromatic carbocycles. The summed E-state index contributed by atoms with van der Waals surface area (Å²) in [4.78, 5) is 36.1. The van der Waals surface area contributed by atoms with E-state index in [1.807, 2.05) is 0 Å². The van der Waals surface area contributed by atoms with E-state index in [9.17, 15) is 40.7 Å². The number of methoxy groups -OCH3 is 2. The molecule has 1 N–H and O–H groups in total. The maximum atomic E-state index is 13.7. The predicted octanol–water partition coefficient (Wildman–Crippen LogP) is 4.10. The second-order valence-corrected chi connectivity index (χ2v) is 6.33. The van der Waals surface area contributed by atoms with Gasteiger partial charge in [0.2, 0.25) is 0 Å². The van der Waals surface area contributed by atoms with Gasteiger partial charge in [0, 0.05) is 0 Å². The van der Waals surface area contributed by atoms with E-state index < -0.39 is 76.9 Å². The molecule has 0 heterocycles. The van der Waals surface area contributed by atoms with Crippen molar-refractivity contribution in [3.63, 3.8) is 0 Å². The zero-order chi connectivity index (χ0) is 25.1. The fourth-order valence-corrected chi connectivity index (χ4v) is 2.93. The van der Waals surface area contributed by atoms with E-state index >= 15 is 0 Å². The number of carbonyl (C=O) groups excluding carboxylic acids is 2. The van der Waals surface area contributed by atoms with Crippen molar-refractivity contribution < 1.29 is 60.0 Å². The van der Waals surface area contributed by atoms with Crippen LogP contribution in [0.25, 0.3) is 10.8 Å². The monoisotopic (exact) mass is 483 g/mol. The Labute approximate surface area is 181 Å². The van der Waals surface area contributed by atoms with Crippen LogP contribution in [-0.4, -0.2) is 61.5 Å². The zero-order valence-corrected chi connectivity index (χ0v) is 16.8. The average molecular weight is 483 g/mol. The topological polar surface area (TPSA) is 102 Å². The van der Waals surface area contributed by atoms with Crippen LogP contribution in [0.15, 0.2) is 24.3 Å². The lowest BCUT2D eigenvalue weighted by molar-refractivity contribution is -0.153. The Balaban J connectivity index is 2.87. The fraction of sp³-hybridized carbons (Fsp3) is 0.316. The number of amides is 2. The molecule has 0 saturated heterocycles. The molecule has 0 fully saturated rings. The number of hydrogen-bond donors (Lipinski definition) is 1. The Morgan fingerprint density at radius 1 is 0.939 bits per heavy atom. The van der Waals surface area contributed by atoms with Crippen LogP contribution in [-0.2, 0) is 15.7 Å². The van der Waals surface area contributed by atoms with Crippen molar-refractivity contribution in [3.05, 3.63) is 35.4 Å². The lowest BCUT2D eigenvalue weighted by Crippen LogP contribution is -2.41. The van der Waals surface area contributed by atoms with Crippen molar-refractivity contribution >= 4 is 28.7 Å². The van der Waals surface area contributed by atoms with E-state index in [2.05, 4.69) is 9.47 Å². The summed E-state index contributed by atoms with van der Waals surface area (Å²) < 4.78 is 92.8. The standard InChI is InChI=1S/C19H15F6NO7/c1-31-12-6-3-9-10(15(12)19(23,24)25)4-5-11(33-8-18(20,21)22)14(9)16(29)26(7-13(27)28)17(30)32-2/h3-6H,7-8H2,1-2H3,(H,27,28). The summed E-state index contributed by atoms with van der Waals surface area (Å²) in [6, 6.07) is 3.19. The molecule has 2 rings (SSSR count). The normalized spacial score (nSPS) is 11.8. The van der Waals surface area contributed by atoms with Gasteiger partial charge in [-0.05, 0) is 35.0 Å². The summed E-state index contributed by atoms with van der Waals surface area (Å²) >= 11 is 0. The minimum absolute atomic E-state index is 0.00491. The second kappa shape index (κ2) is 9.42. The highest BCUT2D eigenvalue weighted by molar-refractivity contribution is 6.15. The number of aliphatic carboxylic acids is 1. The Morgan fingerprint density at radius 3 is 2.00 bits per heavy atom. The summed E-state index contributed by atoms with van der Waals surface area (Å²) in [6.07, 6.45) is -11.4. The molecule has 2 aromatic rings. The zero-order valence-electron chi connectivity index (χ0n) is 16.8. The molecule has 2 amide bonds. The third-order valence-corrected chi connectivity index (χ3v) is 4.17. The molecule has 0 atom stereocenters. The van der Waals surface area contributed by atoms with Gasteiger partial charge in [0.1, 0.15) is 23.6 Å².